The maximum absolute atomic E-state index is 9.04. The average molecular weight is 261 g/mol. The SMILES string of the molecule is Cc1cc(C)c(-c2nc(C)c(CCO)s2)cc1C. The monoisotopic (exact) mass is 261 g/mol. The Morgan fingerprint density at radius 2 is 1.72 bits per heavy atom. The summed E-state index contributed by atoms with van der Waals surface area (Å²) in [5.74, 6) is 0. The second-order valence-corrected chi connectivity index (χ2v) is 5.84. The number of aliphatic hydroxyl groups excluding tert-OH is 1. The Morgan fingerprint density at radius 3 is 2.39 bits per heavy atom. The molecule has 0 amide bonds. The summed E-state index contributed by atoms with van der Waals surface area (Å²) in [5.41, 5.74) is 6.15. The van der Waals surface area contributed by atoms with E-state index in [1.54, 1.807) is 11.3 Å². The first kappa shape index (κ1) is 13.2. The quantitative estimate of drug-likeness (QED) is 0.916. The van der Waals surface area contributed by atoms with E-state index in [2.05, 4.69) is 37.9 Å². The molecule has 0 saturated carbocycles. The molecule has 96 valence electrons. The first-order chi connectivity index (χ1) is 8.52. The van der Waals surface area contributed by atoms with Crippen LogP contribution in [0.2, 0.25) is 0 Å². The topological polar surface area (TPSA) is 33.1 Å². The van der Waals surface area contributed by atoms with Gasteiger partial charge in [-0.05, 0) is 50.5 Å². The molecule has 18 heavy (non-hydrogen) atoms. The van der Waals surface area contributed by atoms with Crippen molar-refractivity contribution in [3.05, 3.63) is 39.4 Å². The van der Waals surface area contributed by atoms with Gasteiger partial charge in [0, 0.05) is 23.5 Å². The van der Waals surface area contributed by atoms with E-state index < -0.39 is 0 Å². The Morgan fingerprint density at radius 1 is 1.06 bits per heavy atom. The summed E-state index contributed by atoms with van der Waals surface area (Å²) in [4.78, 5) is 5.82. The van der Waals surface area contributed by atoms with Crippen LogP contribution in [0.3, 0.4) is 0 Å². The molecule has 3 heteroatoms. The van der Waals surface area contributed by atoms with Crippen molar-refractivity contribution in [2.24, 2.45) is 0 Å². The van der Waals surface area contributed by atoms with Crippen molar-refractivity contribution in [3.8, 4) is 10.6 Å². The Kier molecular flexibility index (Phi) is 3.83. The van der Waals surface area contributed by atoms with Crippen LogP contribution in [0.5, 0.6) is 0 Å². The molecule has 1 aromatic carbocycles. The van der Waals surface area contributed by atoms with Gasteiger partial charge in [-0.15, -0.1) is 11.3 Å². The summed E-state index contributed by atoms with van der Waals surface area (Å²) in [6.45, 7) is 8.60. The summed E-state index contributed by atoms with van der Waals surface area (Å²) in [6.07, 6.45) is 0.702. The van der Waals surface area contributed by atoms with E-state index in [1.165, 1.54) is 27.1 Å². The molecule has 0 aliphatic carbocycles. The number of hydrogen-bond acceptors (Lipinski definition) is 3. The van der Waals surface area contributed by atoms with E-state index in [1.807, 2.05) is 6.92 Å². The summed E-state index contributed by atoms with van der Waals surface area (Å²) in [6, 6.07) is 4.43. The van der Waals surface area contributed by atoms with Crippen molar-refractivity contribution >= 4 is 11.3 Å². The van der Waals surface area contributed by atoms with Crippen LogP contribution in [0.1, 0.15) is 27.3 Å². The number of aryl methyl sites for hydroxylation is 4. The van der Waals surface area contributed by atoms with Crippen molar-refractivity contribution in [1.29, 1.82) is 0 Å². The molecule has 0 unspecified atom stereocenters. The fourth-order valence-corrected chi connectivity index (χ4v) is 3.20. The molecule has 0 aliphatic rings. The largest absolute Gasteiger partial charge is 0.396 e. The highest BCUT2D eigenvalue weighted by Crippen LogP contribution is 2.31. The number of aromatic nitrogens is 1. The predicted octanol–water partition coefficient (Wildman–Crippen LogP) is 3.58. The van der Waals surface area contributed by atoms with Crippen LogP contribution >= 0.6 is 11.3 Å². The van der Waals surface area contributed by atoms with Crippen molar-refractivity contribution in [3.63, 3.8) is 0 Å². The summed E-state index contributed by atoms with van der Waals surface area (Å²) in [5, 5.41) is 10.1. The predicted molar refractivity (Wildman–Crippen MR) is 77.3 cm³/mol. The highest BCUT2D eigenvalue weighted by Gasteiger charge is 2.12. The van der Waals surface area contributed by atoms with E-state index >= 15 is 0 Å². The molecule has 0 aliphatic heterocycles. The van der Waals surface area contributed by atoms with Gasteiger partial charge in [0.05, 0.1) is 5.69 Å². The molecule has 0 bridgehead atoms. The van der Waals surface area contributed by atoms with E-state index in [0.717, 1.165) is 10.7 Å². The third-order valence-electron chi connectivity index (χ3n) is 3.30. The number of aliphatic hydroxyl groups is 1. The van der Waals surface area contributed by atoms with Gasteiger partial charge in [-0.3, -0.25) is 0 Å². The van der Waals surface area contributed by atoms with Gasteiger partial charge in [0.2, 0.25) is 0 Å². The number of rotatable bonds is 3. The van der Waals surface area contributed by atoms with Crippen LogP contribution in [-0.4, -0.2) is 16.7 Å². The molecule has 2 rings (SSSR count). The number of hydrogen-bond donors (Lipinski definition) is 1. The number of benzene rings is 1. The van der Waals surface area contributed by atoms with E-state index in [0.29, 0.717) is 6.42 Å². The van der Waals surface area contributed by atoms with Crippen molar-refractivity contribution in [1.82, 2.24) is 4.98 Å². The second kappa shape index (κ2) is 5.21. The van der Waals surface area contributed by atoms with Gasteiger partial charge in [-0.2, -0.15) is 0 Å². The van der Waals surface area contributed by atoms with E-state index in [9.17, 15) is 0 Å². The van der Waals surface area contributed by atoms with Gasteiger partial charge < -0.3 is 5.11 Å². The molecule has 0 spiro atoms. The summed E-state index contributed by atoms with van der Waals surface area (Å²) < 4.78 is 0. The van der Waals surface area contributed by atoms with Gasteiger partial charge >= 0.3 is 0 Å². The van der Waals surface area contributed by atoms with Gasteiger partial charge in [-0.25, -0.2) is 4.98 Å². The lowest BCUT2D eigenvalue weighted by molar-refractivity contribution is 0.300. The molecule has 0 fully saturated rings. The minimum absolute atomic E-state index is 0.189. The number of thiazole rings is 1. The van der Waals surface area contributed by atoms with E-state index in [-0.39, 0.29) is 6.61 Å². The smallest absolute Gasteiger partial charge is 0.124 e. The lowest BCUT2D eigenvalue weighted by atomic mass is 10.0. The Bertz CT molecular complexity index is 572. The number of nitrogens with zero attached hydrogens (tertiary/aromatic N) is 1. The molecule has 2 nitrogen and oxygen atoms in total. The highest BCUT2D eigenvalue weighted by atomic mass is 32.1. The van der Waals surface area contributed by atoms with Gasteiger partial charge in [-0.1, -0.05) is 6.07 Å². The Hall–Kier alpha value is -1.19. The minimum atomic E-state index is 0.189. The maximum atomic E-state index is 9.04. The fraction of sp³-hybridized carbons (Fsp3) is 0.400. The molecule has 1 aromatic heterocycles. The Balaban J connectivity index is 2.48. The van der Waals surface area contributed by atoms with Crippen LogP contribution in [-0.2, 0) is 6.42 Å². The zero-order valence-corrected chi connectivity index (χ0v) is 12.2. The zero-order valence-electron chi connectivity index (χ0n) is 11.4. The van der Waals surface area contributed by atoms with Gasteiger partial charge in [0.1, 0.15) is 5.01 Å². The molecule has 0 atom stereocenters. The molecule has 2 aromatic rings. The lowest BCUT2D eigenvalue weighted by Crippen LogP contribution is -1.89. The maximum Gasteiger partial charge on any atom is 0.124 e. The third kappa shape index (κ3) is 2.47. The first-order valence-corrected chi connectivity index (χ1v) is 7.00. The van der Waals surface area contributed by atoms with Crippen LogP contribution in [0, 0.1) is 27.7 Å². The fourth-order valence-electron chi connectivity index (χ4n) is 2.07. The lowest BCUT2D eigenvalue weighted by Gasteiger charge is -2.07. The zero-order chi connectivity index (χ0) is 13.3. The molecule has 0 saturated heterocycles. The van der Waals surface area contributed by atoms with Crippen molar-refractivity contribution < 1.29 is 5.11 Å². The van der Waals surface area contributed by atoms with Crippen LogP contribution < -0.4 is 0 Å². The van der Waals surface area contributed by atoms with Crippen molar-refractivity contribution in [2.45, 2.75) is 34.1 Å². The average Bonchev–Trinajstić information content (AvgIpc) is 2.66. The molecule has 1 N–H and O–H groups in total. The van der Waals surface area contributed by atoms with Gasteiger partial charge in [0.25, 0.3) is 0 Å². The Labute approximate surface area is 112 Å². The normalized spacial score (nSPS) is 10.9. The summed E-state index contributed by atoms with van der Waals surface area (Å²) >= 11 is 1.69. The summed E-state index contributed by atoms with van der Waals surface area (Å²) in [7, 11) is 0. The minimum Gasteiger partial charge on any atom is -0.396 e. The molecule has 0 radical (unpaired) electrons. The van der Waals surface area contributed by atoms with Crippen LogP contribution in [0.15, 0.2) is 12.1 Å². The third-order valence-corrected chi connectivity index (χ3v) is 4.55. The van der Waals surface area contributed by atoms with E-state index in [4.69, 9.17) is 5.11 Å². The van der Waals surface area contributed by atoms with Gasteiger partial charge in [0.15, 0.2) is 0 Å². The molecule has 1 heterocycles. The van der Waals surface area contributed by atoms with Crippen LogP contribution in [0.25, 0.3) is 10.6 Å². The highest BCUT2D eigenvalue weighted by molar-refractivity contribution is 7.15. The van der Waals surface area contributed by atoms with Crippen molar-refractivity contribution in [2.75, 3.05) is 6.61 Å². The van der Waals surface area contributed by atoms with Crippen LogP contribution in [0.4, 0.5) is 0 Å². The second-order valence-electron chi connectivity index (χ2n) is 4.75. The standard InChI is InChI=1S/C15H19NOS/c1-9-7-11(3)13(8-10(9)2)15-16-12(4)14(18-15)5-6-17/h7-8,17H,5-6H2,1-4H3. The molecular weight excluding hydrogens is 242 g/mol. The molecular formula is C15H19NOS. The first-order valence-electron chi connectivity index (χ1n) is 6.18.